The molecule has 1 saturated heterocycles. The molecule has 1 fully saturated rings. The summed E-state index contributed by atoms with van der Waals surface area (Å²) in [5.74, 6) is 1.48. The topological polar surface area (TPSA) is 84.7 Å². The van der Waals surface area contributed by atoms with Crippen LogP contribution < -0.4 is 14.2 Å². The molecule has 3 unspecified atom stereocenters. The van der Waals surface area contributed by atoms with Gasteiger partial charge in [0, 0.05) is 23.9 Å². The molecule has 1 aliphatic carbocycles. The van der Waals surface area contributed by atoms with Gasteiger partial charge in [0.05, 0.1) is 22.7 Å². The number of nitriles is 1. The molecule has 1 aromatic heterocycles. The second-order valence-electron chi connectivity index (χ2n) is 10.9. The summed E-state index contributed by atoms with van der Waals surface area (Å²) in [5.41, 5.74) is 4.57. The van der Waals surface area contributed by atoms with Gasteiger partial charge in [-0.05, 0) is 108 Å². The highest BCUT2D eigenvalue weighted by atomic mass is 79.9. The standard InChI is InChI=1S/C35H36BrN3O4/c1-4-9-24-16-31-34(32(40)17-24)29(14-23(3)39(31)22-37)26-18-30(36)35(33(19-26)41-5-2)43-20-25-10-8-12-28(15-25)42-21-27-11-6-7-13-38-27/h6-8,10-13,15-19,23,29,34H,4-5,9,14,20-21H2,1-3H3. The number of pyridine rings is 1. The van der Waals surface area contributed by atoms with Gasteiger partial charge in [0.25, 0.3) is 0 Å². The van der Waals surface area contributed by atoms with Crippen molar-refractivity contribution in [3.05, 3.63) is 106 Å². The number of halogens is 1. The smallest absolute Gasteiger partial charge is 0.184 e. The number of fused-ring (bicyclic) bond motifs is 1. The maximum absolute atomic E-state index is 13.5. The van der Waals surface area contributed by atoms with Crippen LogP contribution in [0.5, 0.6) is 17.2 Å². The quantitative estimate of drug-likeness (QED) is 0.197. The van der Waals surface area contributed by atoms with E-state index < -0.39 is 5.92 Å². The Labute approximate surface area is 261 Å². The molecule has 0 N–H and O–H groups in total. The maximum atomic E-state index is 13.5. The number of benzene rings is 2. The van der Waals surface area contributed by atoms with E-state index in [1.165, 1.54) is 0 Å². The van der Waals surface area contributed by atoms with Crippen LogP contribution in [-0.4, -0.2) is 28.3 Å². The number of hydrogen-bond acceptors (Lipinski definition) is 7. The highest BCUT2D eigenvalue weighted by Gasteiger charge is 2.43. The van der Waals surface area contributed by atoms with Gasteiger partial charge in [-0.15, -0.1) is 0 Å². The molecule has 8 heteroatoms. The second-order valence-corrected chi connectivity index (χ2v) is 11.7. The third-order valence-corrected chi connectivity index (χ3v) is 8.39. The van der Waals surface area contributed by atoms with Gasteiger partial charge in [0.2, 0.25) is 0 Å². The number of carbonyl (C=O) groups excluding carboxylic acids is 1. The summed E-state index contributed by atoms with van der Waals surface area (Å²) in [7, 11) is 0. The van der Waals surface area contributed by atoms with Crippen molar-refractivity contribution in [1.82, 2.24) is 9.88 Å². The summed E-state index contributed by atoms with van der Waals surface area (Å²) in [6, 6.07) is 17.5. The van der Waals surface area contributed by atoms with E-state index in [-0.39, 0.29) is 17.7 Å². The minimum absolute atomic E-state index is 0.0383. The van der Waals surface area contributed by atoms with Crippen LogP contribution in [0, 0.1) is 17.4 Å². The fourth-order valence-corrected chi connectivity index (χ4v) is 6.45. The van der Waals surface area contributed by atoms with E-state index >= 15 is 0 Å². The number of hydrogen-bond donors (Lipinski definition) is 0. The molecule has 0 radical (unpaired) electrons. The molecule has 0 saturated carbocycles. The lowest BCUT2D eigenvalue weighted by Gasteiger charge is -2.43. The fourth-order valence-electron chi connectivity index (χ4n) is 5.87. The zero-order chi connectivity index (χ0) is 30.3. The van der Waals surface area contributed by atoms with Gasteiger partial charge < -0.3 is 14.2 Å². The van der Waals surface area contributed by atoms with Crippen molar-refractivity contribution in [2.24, 2.45) is 5.92 Å². The monoisotopic (exact) mass is 641 g/mol. The van der Waals surface area contributed by atoms with E-state index in [4.69, 9.17) is 14.2 Å². The first-order chi connectivity index (χ1) is 20.9. The molecule has 43 heavy (non-hydrogen) atoms. The molecule has 0 bridgehead atoms. The molecule has 222 valence electrons. The lowest BCUT2D eigenvalue weighted by molar-refractivity contribution is -0.119. The first-order valence-electron chi connectivity index (χ1n) is 14.8. The zero-order valence-corrected chi connectivity index (χ0v) is 26.3. The Morgan fingerprint density at radius 2 is 1.91 bits per heavy atom. The van der Waals surface area contributed by atoms with Crippen LogP contribution in [-0.2, 0) is 18.0 Å². The van der Waals surface area contributed by atoms with Crippen molar-refractivity contribution in [3.8, 4) is 23.4 Å². The number of ether oxygens (including phenoxy) is 3. The molecule has 3 aromatic rings. The lowest BCUT2D eigenvalue weighted by atomic mass is 9.71. The Hall–Kier alpha value is -4.09. The van der Waals surface area contributed by atoms with Crippen LogP contribution in [0.4, 0.5) is 0 Å². The number of allylic oxidation sites excluding steroid dienone is 4. The average Bonchev–Trinajstić information content (AvgIpc) is 3.00. The number of ketones is 1. The van der Waals surface area contributed by atoms with E-state index in [1.807, 2.05) is 74.5 Å². The Kier molecular flexibility index (Phi) is 9.83. The highest BCUT2D eigenvalue weighted by molar-refractivity contribution is 9.10. The van der Waals surface area contributed by atoms with Crippen molar-refractivity contribution in [1.29, 1.82) is 5.26 Å². The van der Waals surface area contributed by atoms with Gasteiger partial charge >= 0.3 is 0 Å². The molecular formula is C35H36BrN3O4. The van der Waals surface area contributed by atoms with E-state index in [9.17, 15) is 10.1 Å². The second kappa shape index (κ2) is 13.9. The van der Waals surface area contributed by atoms with Crippen molar-refractivity contribution >= 4 is 21.7 Å². The predicted octanol–water partition coefficient (Wildman–Crippen LogP) is 7.87. The number of nitrogens with zero attached hydrogens (tertiary/aromatic N) is 3. The minimum atomic E-state index is -0.418. The van der Waals surface area contributed by atoms with Gasteiger partial charge in [-0.2, -0.15) is 5.26 Å². The molecule has 0 spiro atoms. The van der Waals surface area contributed by atoms with Crippen LogP contribution in [0.25, 0.3) is 0 Å². The molecule has 2 aromatic carbocycles. The maximum Gasteiger partial charge on any atom is 0.184 e. The molecule has 7 nitrogen and oxygen atoms in total. The van der Waals surface area contributed by atoms with E-state index in [0.717, 1.165) is 51.2 Å². The van der Waals surface area contributed by atoms with Crippen LogP contribution >= 0.6 is 15.9 Å². The molecule has 2 heterocycles. The Morgan fingerprint density at radius 3 is 2.65 bits per heavy atom. The SMILES string of the molecule is CCCC1=CC(=O)C2C(=C1)N(C#N)C(C)CC2c1cc(Br)c(OCc2cccc(OCc3ccccn3)c2)c(OCC)c1. The van der Waals surface area contributed by atoms with Gasteiger partial charge in [0.1, 0.15) is 19.0 Å². The summed E-state index contributed by atoms with van der Waals surface area (Å²) in [6.07, 6.45) is 10.3. The number of rotatable bonds is 11. The van der Waals surface area contributed by atoms with Gasteiger partial charge in [-0.25, -0.2) is 0 Å². The summed E-state index contributed by atoms with van der Waals surface area (Å²) in [4.78, 5) is 19.5. The normalized spacial score (nSPS) is 19.6. The lowest BCUT2D eigenvalue weighted by Crippen LogP contribution is -2.44. The van der Waals surface area contributed by atoms with E-state index in [0.29, 0.717) is 37.7 Å². The van der Waals surface area contributed by atoms with Crippen LogP contribution in [0.1, 0.15) is 62.8 Å². The predicted molar refractivity (Wildman–Crippen MR) is 168 cm³/mol. The van der Waals surface area contributed by atoms with Crippen LogP contribution in [0.2, 0.25) is 0 Å². The fraction of sp³-hybridized carbons (Fsp3) is 0.343. The Bertz CT molecular complexity index is 1560. The molecule has 5 rings (SSSR count). The molecular weight excluding hydrogens is 606 g/mol. The molecule has 2 aliphatic rings. The van der Waals surface area contributed by atoms with E-state index in [1.54, 1.807) is 17.2 Å². The van der Waals surface area contributed by atoms with E-state index in [2.05, 4.69) is 34.0 Å². The Balaban J connectivity index is 1.37. The summed E-state index contributed by atoms with van der Waals surface area (Å²) in [6.45, 7) is 7.23. The van der Waals surface area contributed by atoms with Crippen LogP contribution in [0.3, 0.4) is 0 Å². The van der Waals surface area contributed by atoms with Gasteiger partial charge in [-0.3, -0.25) is 14.7 Å². The molecule has 3 atom stereocenters. The third-order valence-electron chi connectivity index (χ3n) is 7.80. The van der Waals surface area contributed by atoms with Crippen LogP contribution in [0.15, 0.2) is 88.7 Å². The van der Waals surface area contributed by atoms with Crippen molar-refractivity contribution in [2.45, 2.75) is 65.2 Å². The number of aromatic nitrogens is 1. The molecule has 1 aliphatic heterocycles. The van der Waals surface area contributed by atoms with Crippen molar-refractivity contribution in [2.75, 3.05) is 6.61 Å². The number of carbonyl (C=O) groups is 1. The summed E-state index contributed by atoms with van der Waals surface area (Å²) in [5, 5.41) is 9.96. The summed E-state index contributed by atoms with van der Waals surface area (Å²) < 4.78 is 19.1. The number of piperidine rings is 1. The first-order valence-corrected chi connectivity index (χ1v) is 15.6. The molecule has 0 amide bonds. The highest BCUT2D eigenvalue weighted by Crippen LogP contribution is 2.48. The van der Waals surface area contributed by atoms with Crippen molar-refractivity contribution < 1.29 is 19.0 Å². The van der Waals surface area contributed by atoms with Crippen molar-refractivity contribution in [3.63, 3.8) is 0 Å². The van der Waals surface area contributed by atoms with Gasteiger partial charge in [0.15, 0.2) is 23.5 Å². The zero-order valence-electron chi connectivity index (χ0n) is 24.8. The average molecular weight is 643 g/mol. The largest absolute Gasteiger partial charge is 0.490 e. The number of likely N-dealkylation sites (tertiary alicyclic amines) is 1. The minimum Gasteiger partial charge on any atom is -0.490 e. The first kappa shape index (κ1) is 30.4. The Morgan fingerprint density at radius 1 is 1.05 bits per heavy atom. The van der Waals surface area contributed by atoms with Gasteiger partial charge in [-0.1, -0.05) is 31.5 Å². The third kappa shape index (κ3) is 6.94. The summed E-state index contributed by atoms with van der Waals surface area (Å²) >= 11 is 3.74.